The first-order chi connectivity index (χ1) is 13.2. The number of rotatable bonds is 8. The molecular formula is C21H20N2O3S. The molecule has 0 N–H and O–H groups in total. The van der Waals surface area contributed by atoms with Crippen molar-refractivity contribution in [2.75, 3.05) is 13.4 Å². The Morgan fingerprint density at radius 3 is 2.63 bits per heavy atom. The molecule has 27 heavy (non-hydrogen) atoms. The molecule has 0 amide bonds. The van der Waals surface area contributed by atoms with E-state index in [-0.39, 0.29) is 12.2 Å². The van der Waals surface area contributed by atoms with Crippen molar-refractivity contribution in [3.63, 3.8) is 0 Å². The normalized spacial score (nSPS) is 10.4. The zero-order valence-electron chi connectivity index (χ0n) is 15.2. The summed E-state index contributed by atoms with van der Waals surface area (Å²) in [5, 5.41) is 0.664. The van der Waals surface area contributed by atoms with Gasteiger partial charge in [-0.2, -0.15) is 0 Å². The molecule has 1 heterocycles. The van der Waals surface area contributed by atoms with Crippen molar-refractivity contribution in [1.29, 1.82) is 0 Å². The summed E-state index contributed by atoms with van der Waals surface area (Å²) in [5.74, 6) is 1.46. The number of nitrogens with zero attached hydrogens (tertiary/aromatic N) is 2. The number of benzene rings is 2. The first-order valence-electron chi connectivity index (χ1n) is 8.43. The Hall–Kier alpha value is -2.86. The largest absolute Gasteiger partial charge is 0.497 e. The number of thioether (sulfide) groups is 1. The molecule has 0 radical (unpaired) electrons. The minimum absolute atomic E-state index is 0.00403. The van der Waals surface area contributed by atoms with Crippen LogP contribution in [0.2, 0.25) is 0 Å². The molecule has 0 atom stereocenters. The highest BCUT2D eigenvalue weighted by Gasteiger charge is 2.10. The Kier molecular flexibility index (Phi) is 6.44. The zero-order valence-corrected chi connectivity index (χ0v) is 16.0. The van der Waals surface area contributed by atoms with Crippen molar-refractivity contribution in [2.24, 2.45) is 0 Å². The number of ketones is 1. The number of carbonyl (C=O) groups is 1. The van der Waals surface area contributed by atoms with Gasteiger partial charge in [0.2, 0.25) is 0 Å². The van der Waals surface area contributed by atoms with Crippen LogP contribution in [0.25, 0.3) is 0 Å². The molecule has 0 aliphatic carbocycles. The lowest BCUT2D eigenvalue weighted by atomic mass is 10.1. The molecule has 0 bridgehead atoms. The number of ether oxygens (including phenoxy) is 2. The van der Waals surface area contributed by atoms with Crippen molar-refractivity contribution >= 4 is 17.5 Å². The van der Waals surface area contributed by atoms with Crippen molar-refractivity contribution in [3.05, 3.63) is 77.6 Å². The fourth-order valence-corrected chi connectivity index (χ4v) is 2.86. The number of hydrogen-bond acceptors (Lipinski definition) is 6. The van der Waals surface area contributed by atoms with Crippen LogP contribution in [0, 0.1) is 0 Å². The number of carbonyl (C=O) groups excluding carboxylic acids is 1. The van der Waals surface area contributed by atoms with E-state index in [1.165, 1.54) is 11.8 Å². The number of hydrogen-bond donors (Lipinski definition) is 0. The monoisotopic (exact) mass is 380 g/mol. The molecule has 0 spiro atoms. The zero-order chi connectivity index (χ0) is 19.1. The van der Waals surface area contributed by atoms with Gasteiger partial charge in [-0.25, -0.2) is 9.97 Å². The van der Waals surface area contributed by atoms with Gasteiger partial charge < -0.3 is 9.47 Å². The van der Waals surface area contributed by atoms with Crippen LogP contribution in [0.5, 0.6) is 11.5 Å². The third kappa shape index (κ3) is 5.31. The summed E-state index contributed by atoms with van der Waals surface area (Å²) in [6.45, 7) is 0.421. The second-order valence-electron chi connectivity index (χ2n) is 5.80. The minimum atomic E-state index is -0.00403. The van der Waals surface area contributed by atoms with Gasteiger partial charge in [-0.05, 0) is 42.2 Å². The molecule has 0 saturated heterocycles. The fourth-order valence-electron chi connectivity index (χ4n) is 2.49. The molecule has 6 heteroatoms. The summed E-state index contributed by atoms with van der Waals surface area (Å²) in [5.41, 5.74) is 2.34. The number of aromatic nitrogens is 2. The summed E-state index contributed by atoms with van der Waals surface area (Å²) in [7, 11) is 1.64. The summed E-state index contributed by atoms with van der Waals surface area (Å²) in [6.07, 6.45) is 3.82. The summed E-state index contributed by atoms with van der Waals surface area (Å²) < 4.78 is 11.0. The van der Waals surface area contributed by atoms with Crippen molar-refractivity contribution in [3.8, 4) is 11.5 Å². The summed E-state index contributed by atoms with van der Waals surface area (Å²) >= 11 is 1.45. The van der Waals surface area contributed by atoms with E-state index in [2.05, 4.69) is 9.97 Å². The molecule has 0 fully saturated rings. The first kappa shape index (κ1) is 18.9. The van der Waals surface area contributed by atoms with E-state index >= 15 is 0 Å². The Bertz CT molecular complexity index is 913. The van der Waals surface area contributed by atoms with Gasteiger partial charge >= 0.3 is 0 Å². The maximum absolute atomic E-state index is 12.6. The Labute approximate surface area is 162 Å². The van der Waals surface area contributed by atoms with Gasteiger partial charge in [0.1, 0.15) is 18.1 Å². The molecule has 2 aromatic carbocycles. The van der Waals surface area contributed by atoms with Gasteiger partial charge in [0.15, 0.2) is 10.9 Å². The average Bonchev–Trinajstić information content (AvgIpc) is 2.73. The molecule has 3 rings (SSSR count). The van der Waals surface area contributed by atoms with E-state index in [9.17, 15) is 4.79 Å². The quantitative estimate of drug-likeness (QED) is 0.331. The average molecular weight is 380 g/mol. The summed E-state index contributed by atoms with van der Waals surface area (Å²) in [6, 6.07) is 16.7. The Balaban J connectivity index is 1.64. The predicted molar refractivity (Wildman–Crippen MR) is 106 cm³/mol. The van der Waals surface area contributed by atoms with Crippen LogP contribution in [0.15, 0.2) is 66.0 Å². The van der Waals surface area contributed by atoms with Gasteiger partial charge in [0.05, 0.1) is 19.2 Å². The van der Waals surface area contributed by atoms with E-state index in [4.69, 9.17) is 9.47 Å². The highest BCUT2D eigenvalue weighted by atomic mass is 32.2. The van der Waals surface area contributed by atoms with Gasteiger partial charge in [-0.15, -0.1) is 0 Å². The van der Waals surface area contributed by atoms with Crippen LogP contribution in [-0.2, 0) is 13.0 Å². The number of methoxy groups -OCH3 is 1. The lowest BCUT2D eigenvalue weighted by Gasteiger charge is -2.09. The van der Waals surface area contributed by atoms with E-state index < -0.39 is 0 Å². The fraction of sp³-hybridized carbons (Fsp3) is 0.190. The van der Waals surface area contributed by atoms with Gasteiger partial charge in [-0.3, -0.25) is 4.79 Å². The summed E-state index contributed by atoms with van der Waals surface area (Å²) in [4.78, 5) is 21.1. The third-order valence-electron chi connectivity index (χ3n) is 3.94. The Morgan fingerprint density at radius 1 is 1.07 bits per heavy atom. The molecule has 0 aliphatic rings. The number of Topliss-reactive ketones (excluding diaryl/α,β-unsaturated/α-hetero) is 1. The van der Waals surface area contributed by atoms with Crippen molar-refractivity contribution in [2.45, 2.75) is 18.2 Å². The van der Waals surface area contributed by atoms with E-state index in [0.717, 1.165) is 11.3 Å². The molecule has 0 saturated carbocycles. The topological polar surface area (TPSA) is 61.3 Å². The minimum Gasteiger partial charge on any atom is -0.497 e. The lowest BCUT2D eigenvalue weighted by Crippen LogP contribution is -2.06. The highest BCUT2D eigenvalue weighted by Crippen LogP contribution is 2.18. The molecular weight excluding hydrogens is 360 g/mol. The van der Waals surface area contributed by atoms with E-state index in [1.807, 2.05) is 42.7 Å². The van der Waals surface area contributed by atoms with Crippen molar-refractivity contribution < 1.29 is 14.3 Å². The SMILES string of the molecule is COc1ccc(COc2cccc(C(=O)Cc3ccnc(SC)n3)c2)cc1. The van der Waals surface area contributed by atoms with Crippen LogP contribution in [0.4, 0.5) is 0 Å². The molecule has 0 aliphatic heterocycles. The molecule has 138 valence electrons. The molecule has 1 aromatic heterocycles. The van der Waals surface area contributed by atoms with Gasteiger partial charge in [-0.1, -0.05) is 36.0 Å². The highest BCUT2D eigenvalue weighted by molar-refractivity contribution is 7.98. The van der Waals surface area contributed by atoms with Crippen LogP contribution >= 0.6 is 11.8 Å². The van der Waals surface area contributed by atoms with Gasteiger partial charge in [0.25, 0.3) is 0 Å². The van der Waals surface area contributed by atoms with Crippen LogP contribution in [-0.4, -0.2) is 29.1 Å². The second kappa shape index (κ2) is 9.19. The third-order valence-corrected chi connectivity index (χ3v) is 4.50. The first-order valence-corrected chi connectivity index (χ1v) is 9.65. The second-order valence-corrected chi connectivity index (χ2v) is 6.57. The lowest BCUT2D eigenvalue weighted by molar-refractivity contribution is 0.0991. The van der Waals surface area contributed by atoms with E-state index in [0.29, 0.717) is 28.8 Å². The smallest absolute Gasteiger partial charge is 0.187 e. The maximum atomic E-state index is 12.6. The predicted octanol–water partition coefficient (Wildman–Crippen LogP) is 4.21. The Morgan fingerprint density at radius 2 is 1.89 bits per heavy atom. The molecule has 0 unspecified atom stereocenters. The van der Waals surface area contributed by atoms with Crippen molar-refractivity contribution in [1.82, 2.24) is 9.97 Å². The van der Waals surface area contributed by atoms with Crippen LogP contribution < -0.4 is 9.47 Å². The molecule has 3 aromatic rings. The van der Waals surface area contributed by atoms with Crippen LogP contribution in [0.3, 0.4) is 0 Å². The van der Waals surface area contributed by atoms with Crippen LogP contribution in [0.1, 0.15) is 21.6 Å². The maximum Gasteiger partial charge on any atom is 0.187 e. The van der Waals surface area contributed by atoms with E-state index in [1.54, 1.807) is 31.5 Å². The standard InChI is InChI=1S/C21H20N2O3S/c1-25-18-8-6-15(7-9-18)14-26-19-5-3-4-16(12-19)20(24)13-17-10-11-22-21(23-17)27-2/h3-12H,13-14H2,1-2H3. The molecule has 5 nitrogen and oxygen atoms in total. The van der Waals surface area contributed by atoms with Gasteiger partial charge in [0, 0.05) is 11.8 Å².